The van der Waals surface area contributed by atoms with E-state index in [1.54, 1.807) is 36.4 Å². The lowest BCUT2D eigenvalue weighted by Gasteiger charge is -2.21. The normalized spacial score (nSPS) is 20.0. The second kappa shape index (κ2) is 8.25. The lowest BCUT2D eigenvalue weighted by molar-refractivity contribution is 0.169. The molecule has 1 aliphatic heterocycles. The summed E-state index contributed by atoms with van der Waals surface area (Å²) in [4.78, 5) is 6.46. The van der Waals surface area contributed by atoms with Crippen LogP contribution >= 0.6 is 0 Å². The van der Waals surface area contributed by atoms with Crippen molar-refractivity contribution in [1.82, 2.24) is 15.0 Å². The van der Waals surface area contributed by atoms with Crippen LogP contribution in [-0.4, -0.2) is 41.2 Å². The lowest BCUT2D eigenvalue weighted by atomic mass is 10.1. The van der Waals surface area contributed by atoms with Gasteiger partial charge >= 0.3 is 0 Å². The monoisotopic (exact) mass is 431 g/mol. The smallest absolute Gasteiger partial charge is 0.244 e. The first-order chi connectivity index (χ1) is 14.3. The molecule has 0 amide bonds. The number of likely N-dealkylation sites (tertiary alicyclic amines) is 1. The third-order valence-corrected chi connectivity index (χ3v) is 6.78. The van der Waals surface area contributed by atoms with Crippen LogP contribution in [0.25, 0.3) is 0 Å². The minimum Gasteiger partial charge on any atom is -0.392 e. The fourth-order valence-corrected chi connectivity index (χ4v) is 4.77. The topological polar surface area (TPSA) is 96.5 Å². The second-order valence-electron chi connectivity index (χ2n) is 7.58. The maximum atomic E-state index is 13.1. The molecule has 9 heteroatoms. The second-order valence-corrected chi connectivity index (χ2v) is 9.57. The SMILES string of the molecule is Cc1ccc(S(=O)(=O)Cc2noc(C3CC(O)CN3Cc3ccc(F)cc3)n2)cc1. The number of aromatic nitrogens is 2. The van der Waals surface area contributed by atoms with Crippen molar-refractivity contribution in [1.29, 1.82) is 0 Å². The van der Waals surface area contributed by atoms with Crippen molar-refractivity contribution in [2.75, 3.05) is 6.54 Å². The van der Waals surface area contributed by atoms with E-state index in [1.807, 2.05) is 11.8 Å². The molecule has 4 rings (SSSR count). The number of aliphatic hydroxyl groups is 1. The van der Waals surface area contributed by atoms with E-state index in [2.05, 4.69) is 10.1 Å². The number of nitrogens with zero attached hydrogens (tertiary/aromatic N) is 3. The molecule has 2 heterocycles. The van der Waals surface area contributed by atoms with Gasteiger partial charge in [-0.15, -0.1) is 0 Å². The zero-order valence-corrected chi connectivity index (χ0v) is 17.2. The molecule has 1 N–H and O–H groups in total. The van der Waals surface area contributed by atoms with Crippen molar-refractivity contribution >= 4 is 9.84 Å². The van der Waals surface area contributed by atoms with Gasteiger partial charge in [0.2, 0.25) is 5.89 Å². The Kier molecular flexibility index (Phi) is 5.68. The van der Waals surface area contributed by atoms with Crippen molar-refractivity contribution in [3.05, 3.63) is 77.2 Å². The van der Waals surface area contributed by atoms with Crippen LogP contribution in [0.5, 0.6) is 0 Å². The molecule has 158 valence electrons. The Hall–Kier alpha value is -2.62. The van der Waals surface area contributed by atoms with E-state index >= 15 is 0 Å². The van der Waals surface area contributed by atoms with Gasteiger partial charge in [0.15, 0.2) is 15.7 Å². The predicted octanol–water partition coefficient (Wildman–Crippen LogP) is 2.80. The Bertz CT molecular complexity index is 1110. The van der Waals surface area contributed by atoms with E-state index in [-0.39, 0.29) is 34.2 Å². The highest BCUT2D eigenvalue weighted by Gasteiger charge is 2.36. The first-order valence-electron chi connectivity index (χ1n) is 9.58. The Morgan fingerprint density at radius 2 is 1.87 bits per heavy atom. The number of aliphatic hydroxyl groups excluding tert-OH is 1. The number of hydrogen-bond donors (Lipinski definition) is 1. The van der Waals surface area contributed by atoms with Gasteiger partial charge in [0.1, 0.15) is 11.6 Å². The molecular formula is C21H22FN3O4S. The molecule has 1 aliphatic rings. The van der Waals surface area contributed by atoms with Crippen molar-refractivity contribution in [2.24, 2.45) is 0 Å². The van der Waals surface area contributed by atoms with Gasteiger partial charge in [0.25, 0.3) is 0 Å². The first-order valence-corrected chi connectivity index (χ1v) is 11.2. The molecule has 7 nitrogen and oxygen atoms in total. The highest BCUT2D eigenvalue weighted by molar-refractivity contribution is 7.90. The van der Waals surface area contributed by atoms with Crippen LogP contribution < -0.4 is 0 Å². The van der Waals surface area contributed by atoms with Gasteiger partial charge in [0, 0.05) is 13.1 Å². The van der Waals surface area contributed by atoms with Crippen molar-refractivity contribution in [2.45, 2.75) is 42.7 Å². The first kappa shape index (κ1) is 20.6. The quantitative estimate of drug-likeness (QED) is 0.641. The summed E-state index contributed by atoms with van der Waals surface area (Å²) in [6.07, 6.45) is -0.171. The molecule has 0 bridgehead atoms. The molecule has 30 heavy (non-hydrogen) atoms. The summed E-state index contributed by atoms with van der Waals surface area (Å²) in [5.74, 6) is -0.336. The van der Waals surface area contributed by atoms with E-state index in [4.69, 9.17) is 4.52 Å². The zero-order valence-electron chi connectivity index (χ0n) is 16.4. The van der Waals surface area contributed by atoms with Crippen LogP contribution in [-0.2, 0) is 22.1 Å². The zero-order chi connectivity index (χ0) is 21.3. The molecule has 1 aromatic heterocycles. The van der Waals surface area contributed by atoms with Gasteiger partial charge in [-0.2, -0.15) is 4.98 Å². The number of rotatable bonds is 6. The van der Waals surface area contributed by atoms with Gasteiger partial charge in [-0.05, 0) is 43.2 Å². The van der Waals surface area contributed by atoms with Gasteiger partial charge in [-0.1, -0.05) is 35.0 Å². The predicted molar refractivity (Wildman–Crippen MR) is 107 cm³/mol. The number of β-amino-alcohol motifs (C(OH)–C–C–N with tert-alkyl or cyclic N) is 1. The highest BCUT2D eigenvalue weighted by Crippen LogP contribution is 2.32. The van der Waals surface area contributed by atoms with Crippen LogP contribution in [0.4, 0.5) is 4.39 Å². The number of sulfone groups is 1. The summed E-state index contributed by atoms with van der Waals surface area (Å²) in [6.45, 7) is 2.76. The summed E-state index contributed by atoms with van der Waals surface area (Å²) < 4.78 is 43.7. The number of aryl methyl sites for hydroxylation is 1. The lowest BCUT2D eigenvalue weighted by Crippen LogP contribution is -2.24. The summed E-state index contributed by atoms with van der Waals surface area (Å²) >= 11 is 0. The molecule has 2 aromatic carbocycles. The average molecular weight is 431 g/mol. The van der Waals surface area contributed by atoms with Crippen molar-refractivity contribution in [3.63, 3.8) is 0 Å². The Morgan fingerprint density at radius 1 is 1.17 bits per heavy atom. The molecule has 1 saturated heterocycles. The number of hydrogen-bond acceptors (Lipinski definition) is 7. The van der Waals surface area contributed by atoms with E-state index < -0.39 is 15.9 Å². The molecule has 3 aromatic rings. The molecule has 0 radical (unpaired) electrons. The maximum absolute atomic E-state index is 13.1. The van der Waals surface area contributed by atoms with Crippen molar-refractivity contribution in [3.8, 4) is 0 Å². The van der Waals surface area contributed by atoms with Crippen molar-refractivity contribution < 1.29 is 22.4 Å². The Morgan fingerprint density at radius 3 is 2.57 bits per heavy atom. The minimum absolute atomic E-state index is 0.0775. The third kappa shape index (κ3) is 4.58. The van der Waals surface area contributed by atoms with Gasteiger partial charge in [0.05, 0.1) is 17.0 Å². The fraction of sp³-hybridized carbons (Fsp3) is 0.333. The maximum Gasteiger partial charge on any atom is 0.244 e. The van der Waals surface area contributed by atoms with Gasteiger partial charge < -0.3 is 9.63 Å². The Balaban J connectivity index is 1.50. The van der Waals surface area contributed by atoms with Gasteiger partial charge in [-0.3, -0.25) is 4.90 Å². The molecular weight excluding hydrogens is 409 g/mol. The highest BCUT2D eigenvalue weighted by atomic mass is 32.2. The van der Waals surface area contributed by atoms with E-state index in [0.717, 1.165) is 11.1 Å². The summed E-state index contributed by atoms with van der Waals surface area (Å²) in [6, 6.07) is 12.4. The van der Waals surface area contributed by atoms with E-state index in [1.165, 1.54) is 12.1 Å². The molecule has 0 spiro atoms. The minimum atomic E-state index is -3.60. The molecule has 0 aliphatic carbocycles. The average Bonchev–Trinajstić information content (AvgIpc) is 3.29. The van der Waals surface area contributed by atoms with Crippen LogP contribution in [0.3, 0.4) is 0 Å². The van der Waals surface area contributed by atoms with Crippen LogP contribution in [0.1, 0.15) is 35.3 Å². The summed E-state index contributed by atoms with van der Waals surface area (Å²) in [5, 5.41) is 14.0. The molecule has 2 atom stereocenters. The summed E-state index contributed by atoms with van der Waals surface area (Å²) in [7, 11) is -3.60. The van der Waals surface area contributed by atoms with Crippen LogP contribution in [0.15, 0.2) is 57.9 Å². The van der Waals surface area contributed by atoms with E-state index in [9.17, 15) is 17.9 Å². The van der Waals surface area contributed by atoms with Crippen LogP contribution in [0, 0.1) is 12.7 Å². The van der Waals surface area contributed by atoms with E-state index in [0.29, 0.717) is 19.5 Å². The largest absolute Gasteiger partial charge is 0.392 e. The van der Waals surface area contributed by atoms with Gasteiger partial charge in [-0.25, -0.2) is 12.8 Å². The molecule has 0 saturated carbocycles. The Labute approximate surface area is 174 Å². The van der Waals surface area contributed by atoms with Crippen LogP contribution in [0.2, 0.25) is 0 Å². The third-order valence-electron chi connectivity index (χ3n) is 5.15. The molecule has 1 fully saturated rings. The number of benzene rings is 2. The molecule has 2 unspecified atom stereocenters. The number of halogens is 1. The standard InChI is InChI=1S/C21H22FN3O4S/c1-14-2-8-18(9-3-14)30(27,28)13-20-23-21(29-24-20)19-10-17(26)12-25(19)11-15-4-6-16(22)7-5-15/h2-9,17,19,26H,10-13H2,1H3. The fourth-order valence-electron chi connectivity index (χ4n) is 3.60. The summed E-state index contributed by atoms with van der Waals surface area (Å²) in [5.41, 5.74) is 1.86.